The van der Waals surface area contributed by atoms with Crippen LogP contribution in [-0.2, 0) is 4.74 Å². The van der Waals surface area contributed by atoms with Crippen LogP contribution in [0.25, 0.3) is 11.2 Å². The molecular weight excluding hydrogens is 216 g/mol. The van der Waals surface area contributed by atoms with Crippen LogP contribution in [0.4, 0.5) is 22.6 Å². The maximum atomic E-state index is 10.9. The summed E-state index contributed by atoms with van der Waals surface area (Å²) >= 11 is 0. The Labute approximate surface area is 88.8 Å². The van der Waals surface area contributed by atoms with Crippen LogP contribution in [0.2, 0.25) is 0 Å². The molecule has 0 unspecified atom stereocenters. The summed E-state index contributed by atoms with van der Waals surface area (Å²) in [6.45, 7) is 0. The van der Waals surface area contributed by atoms with E-state index in [-0.39, 0.29) is 29.0 Å². The first kappa shape index (κ1) is 9.96. The second kappa shape index (κ2) is 3.53. The summed E-state index contributed by atoms with van der Waals surface area (Å²) in [5, 5.41) is 2.22. The van der Waals surface area contributed by atoms with Crippen LogP contribution in [0.3, 0.4) is 0 Å². The zero-order valence-corrected chi connectivity index (χ0v) is 8.22. The van der Waals surface area contributed by atoms with E-state index in [1.54, 1.807) is 0 Å². The van der Waals surface area contributed by atoms with Gasteiger partial charge in [0.1, 0.15) is 0 Å². The number of amides is 1. The SMILES string of the molecule is COC(=O)Nc1nc2c(N)nc(N)nc2o1. The molecule has 0 aliphatic heterocycles. The van der Waals surface area contributed by atoms with Crippen molar-refractivity contribution >= 4 is 35.1 Å². The highest BCUT2D eigenvalue weighted by Crippen LogP contribution is 2.21. The van der Waals surface area contributed by atoms with Gasteiger partial charge in [-0.15, -0.1) is 0 Å². The number of oxazole rings is 1. The van der Waals surface area contributed by atoms with Gasteiger partial charge >= 0.3 is 12.1 Å². The fourth-order valence-electron chi connectivity index (χ4n) is 1.05. The minimum Gasteiger partial charge on any atom is -0.453 e. The Morgan fingerprint density at radius 1 is 1.38 bits per heavy atom. The highest BCUT2D eigenvalue weighted by Gasteiger charge is 2.13. The van der Waals surface area contributed by atoms with Gasteiger partial charge in [0.25, 0.3) is 5.71 Å². The third-order valence-electron chi connectivity index (χ3n) is 1.70. The Morgan fingerprint density at radius 2 is 2.12 bits per heavy atom. The molecule has 0 atom stereocenters. The summed E-state index contributed by atoms with van der Waals surface area (Å²) in [6.07, 6.45) is -0.717. The molecule has 0 saturated heterocycles. The summed E-state index contributed by atoms with van der Waals surface area (Å²) in [7, 11) is 1.21. The molecule has 2 rings (SSSR count). The summed E-state index contributed by atoms with van der Waals surface area (Å²) in [6, 6.07) is -0.0894. The zero-order valence-electron chi connectivity index (χ0n) is 8.22. The Morgan fingerprint density at radius 3 is 2.81 bits per heavy atom. The lowest BCUT2D eigenvalue weighted by Crippen LogP contribution is -2.10. The van der Waals surface area contributed by atoms with E-state index in [0.717, 1.165) is 0 Å². The van der Waals surface area contributed by atoms with Crippen molar-refractivity contribution in [3.05, 3.63) is 0 Å². The molecule has 2 aromatic heterocycles. The van der Waals surface area contributed by atoms with Crippen molar-refractivity contribution in [1.29, 1.82) is 0 Å². The molecule has 84 valence electrons. The van der Waals surface area contributed by atoms with E-state index in [1.165, 1.54) is 7.11 Å². The van der Waals surface area contributed by atoms with Gasteiger partial charge in [0, 0.05) is 0 Å². The van der Waals surface area contributed by atoms with Crippen LogP contribution in [0, 0.1) is 0 Å². The lowest BCUT2D eigenvalue weighted by Gasteiger charge is -1.95. The van der Waals surface area contributed by atoms with E-state index in [1.807, 2.05) is 0 Å². The van der Waals surface area contributed by atoms with Gasteiger partial charge in [0.2, 0.25) is 5.95 Å². The van der Waals surface area contributed by atoms with Gasteiger partial charge in [-0.25, -0.2) is 10.1 Å². The van der Waals surface area contributed by atoms with Crippen LogP contribution in [0.1, 0.15) is 0 Å². The standard InChI is InChI=1S/C7H8N6O3/c1-15-7(14)13-6-10-2-3(8)11-5(9)12-4(2)16-6/h1H3,(H,10,13,14)(H4,8,9,11,12). The second-order valence-electron chi connectivity index (χ2n) is 2.76. The number of hydrogen-bond acceptors (Lipinski definition) is 8. The van der Waals surface area contributed by atoms with E-state index in [2.05, 4.69) is 25.0 Å². The predicted octanol–water partition coefficient (Wildman–Crippen LogP) is -0.0395. The minimum atomic E-state index is -0.717. The fourth-order valence-corrected chi connectivity index (χ4v) is 1.05. The highest BCUT2D eigenvalue weighted by atomic mass is 16.5. The molecule has 0 radical (unpaired) electrons. The van der Waals surface area contributed by atoms with Gasteiger partial charge in [0.15, 0.2) is 11.3 Å². The fraction of sp³-hybridized carbons (Fsp3) is 0.143. The van der Waals surface area contributed by atoms with Gasteiger partial charge in [-0.2, -0.15) is 15.0 Å². The van der Waals surface area contributed by atoms with Crippen LogP contribution in [-0.4, -0.2) is 28.2 Å². The van der Waals surface area contributed by atoms with Gasteiger partial charge in [-0.1, -0.05) is 0 Å². The molecule has 2 aromatic rings. The Kier molecular flexibility index (Phi) is 2.20. The molecule has 2 heterocycles. The quantitative estimate of drug-likeness (QED) is 0.612. The summed E-state index contributed by atoms with van der Waals surface area (Å²) < 4.78 is 9.43. The lowest BCUT2D eigenvalue weighted by molar-refractivity contribution is 0.186. The molecule has 16 heavy (non-hydrogen) atoms. The predicted molar refractivity (Wildman–Crippen MR) is 54.5 cm³/mol. The zero-order chi connectivity index (χ0) is 11.7. The first-order valence-corrected chi connectivity index (χ1v) is 4.14. The minimum absolute atomic E-state index is 0.0363. The molecule has 1 amide bonds. The topological polar surface area (TPSA) is 142 Å². The van der Waals surface area contributed by atoms with Gasteiger partial charge in [0.05, 0.1) is 7.11 Å². The van der Waals surface area contributed by atoms with E-state index in [4.69, 9.17) is 15.9 Å². The number of nitrogens with one attached hydrogen (secondary N) is 1. The number of carbonyl (C=O) groups excluding carboxylic acids is 1. The maximum Gasteiger partial charge on any atom is 0.414 e. The van der Waals surface area contributed by atoms with Crippen molar-refractivity contribution in [3.63, 3.8) is 0 Å². The molecular formula is C7H8N6O3. The van der Waals surface area contributed by atoms with Crippen LogP contribution in [0.5, 0.6) is 0 Å². The smallest absolute Gasteiger partial charge is 0.414 e. The van der Waals surface area contributed by atoms with E-state index in [9.17, 15) is 4.79 Å². The molecule has 9 nitrogen and oxygen atoms in total. The molecule has 0 aliphatic rings. The van der Waals surface area contributed by atoms with Crippen molar-refractivity contribution in [3.8, 4) is 0 Å². The Balaban J connectivity index is 2.44. The van der Waals surface area contributed by atoms with Crippen LogP contribution >= 0.6 is 0 Å². The molecule has 0 bridgehead atoms. The number of anilines is 3. The first-order valence-electron chi connectivity index (χ1n) is 4.14. The van der Waals surface area contributed by atoms with Crippen molar-refractivity contribution < 1.29 is 13.9 Å². The number of ether oxygens (including phenoxy) is 1. The molecule has 0 saturated carbocycles. The summed E-state index contributed by atoms with van der Waals surface area (Å²) in [4.78, 5) is 22.2. The normalized spacial score (nSPS) is 10.3. The molecule has 0 spiro atoms. The average Bonchev–Trinajstić information content (AvgIpc) is 2.60. The number of nitrogens with two attached hydrogens (primary N) is 2. The summed E-state index contributed by atoms with van der Waals surface area (Å²) in [5.74, 6) is 0.0370. The number of fused-ring (bicyclic) bond motifs is 1. The van der Waals surface area contributed by atoms with Gasteiger partial charge in [-0.05, 0) is 0 Å². The van der Waals surface area contributed by atoms with E-state index in [0.29, 0.717) is 0 Å². The Bertz CT molecular complexity index is 550. The monoisotopic (exact) mass is 224 g/mol. The number of aromatic nitrogens is 3. The molecule has 0 aliphatic carbocycles. The van der Waals surface area contributed by atoms with Gasteiger partial charge < -0.3 is 20.6 Å². The first-order chi connectivity index (χ1) is 7.60. The number of nitrogens with zero attached hydrogens (tertiary/aromatic N) is 3. The third-order valence-corrected chi connectivity index (χ3v) is 1.70. The lowest BCUT2D eigenvalue weighted by atomic mass is 10.5. The summed E-state index contributed by atoms with van der Waals surface area (Å²) in [5.41, 5.74) is 11.2. The third kappa shape index (κ3) is 1.65. The van der Waals surface area contributed by atoms with Gasteiger partial charge in [-0.3, -0.25) is 0 Å². The number of methoxy groups -OCH3 is 1. The number of rotatable bonds is 1. The molecule has 0 aromatic carbocycles. The number of hydrogen-bond donors (Lipinski definition) is 3. The Hall–Kier alpha value is -2.58. The van der Waals surface area contributed by atoms with E-state index >= 15 is 0 Å². The number of nitrogen functional groups attached to an aromatic ring is 2. The largest absolute Gasteiger partial charge is 0.453 e. The average molecular weight is 224 g/mol. The van der Waals surface area contributed by atoms with Crippen LogP contribution in [0.15, 0.2) is 4.42 Å². The molecule has 5 N–H and O–H groups in total. The van der Waals surface area contributed by atoms with Crippen molar-refractivity contribution in [2.45, 2.75) is 0 Å². The highest BCUT2D eigenvalue weighted by molar-refractivity contribution is 5.86. The number of carbonyl (C=O) groups is 1. The van der Waals surface area contributed by atoms with Crippen molar-refractivity contribution in [2.75, 3.05) is 23.9 Å². The van der Waals surface area contributed by atoms with Crippen molar-refractivity contribution in [1.82, 2.24) is 15.0 Å². The second-order valence-corrected chi connectivity index (χ2v) is 2.76. The van der Waals surface area contributed by atoms with E-state index < -0.39 is 6.09 Å². The van der Waals surface area contributed by atoms with Crippen LogP contribution < -0.4 is 16.8 Å². The molecule has 9 heteroatoms. The maximum absolute atomic E-state index is 10.9. The van der Waals surface area contributed by atoms with Crippen molar-refractivity contribution in [2.24, 2.45) is 0 Å². The molecule has 0 fully saturated rings.